The van der Waals surface area contributed by atoms with Crippen molar-refractivity contribution < 1.29 is 4.74 Å². The van der Waals surface area contributed by atoms with E-state index in [9.17, 15) is 0 Å². The van der Waals surface area contributed by atoms with Crippen molar-refractivity contribution in [2.24, 2.45) is 10.4 Å². The number of nitrogens with zero attached hydrogens (tertiary/aromatic N) is 1. The van der Waals surface area contributed by atoms with Gasteiger partial charge in [0.1, 0.15) is 0 Å². The van der Waals surface area contributed by atoms with Crippen LogP contribution in [0, 0.1) is 5.41 Å². The van der Waals surface area contributed by atoms with Crippen LogP contribution in [0.2, 0.25) is 0 Å². The number of hydrogen-bond donors (Lipinski definition) is 2. The topological polar surface area (TPSA) is 45.6 Å². The van der Waals surface area contributed by atoms with E-state index in [1.54, 1.807) is 7.11 Å². The summed E-state index contributed by atoms with van der Waals surface area (Å²) in [6, 6.07) is 0.356. The molecule has 4 nitrogen and oxygen atoms in total. The van der Waals surface area contributed by atoms with E-state index in [0.29, 0.717) is 11.5 Å². The van der Waals surface area contributed by atoms with Crippen LogP contribution >= 0.6 is 0 Å². The van der Waals surface area contributed by atoms with Crippen LogP contribution in [0.25, 0.3) is 0 Å². The summed E-state index contributed by atoms with van der Waals surface area (Å²) < 4.78 is 5.08. The van der Waals surface area contributed by atoms with Gasteiger partial charge in [0.25, 0.3) is 0 Å². The zero-order chi connectivity index (χ0) is 10.7. The average molecular weight is 211 g/mol. The molecular formula is C11H21N3O. The monoisotopic (exact) mass is 211 g/mol. The van der Waals surface area contributed by atoms with E-state index in [0.717, 1.165) is 25.7 Å². The minimum Gasteiger partial charge on any atom is -0.382 e. The van der Waals surface area contributed by atoms with Crippen LogP contribution in [-0.2, 0) is 4.74 Å². The van der Waals surface area contributed by atoms with Gasteiger partial charge in [-0.1, -0.05) is 6.92 Å². The molecule has 4 heteroatoms. The molecule has 1 fully saturated rings. The highest BCUT2D eigenvalue weighted by atomic mass is 16.5. The average Bonchev–Trinajstić information content (AvgIpc) is 2.76. The molecule has 0 spiro atoms. The summed E-state index contributed by atoms with van der Waals surface area (Å²) in [5, 5.41) is 6.66. The second-order valence-corrected chi connectivity index (χ2v) is 4.97. The van der Waals surface area contributed by atoms with E-state index in [2.05, 4.69) is 22.5 Å². The van der Waals surface area contributed by atoms with Crippen LogP contribution in [0.5, 0.6) is 0 Å². The van der Waals surface area contributed by atoms with E-state index >= 15 is 0 Å². The lowest BCUT2D eigenvalue weighted by atomic mass is 10.1. The molecule has 0 aromatic heterocycles. The summed E-state index contributed by atoms with van der Waals surface area (Å²) in [6.45, 7) is 4.94. The third-order valence-electron chi connectivity index (χ3n) is 3.30. The van der Waals surface area contributed by atoms with Gasteiger partial charge in [0.15, 0.2) is 5.96 Å². The van der Waals surface area contributed by atoms with Gasteiger partial charge in [-0.05, 0) is 24.7 Å². The number of hydrogen-bond acceptors (Lipinski definition) is 4. The molecule has 15 heavy (non-hydrogen) atoms. The molecule has 2 rings (SSSR count). The molecule has 0 bridgehead atoms. The summed E-state index contributed by atoms with van der Waals surface area (Å²) in [7, 11) is 1.72. The van der Waals surface area contributed by atoms with Gasteiger partial charge in [0, 0.05) is 13.7 Å². The Hall–Kier alpha value is -0.770. The van der Waals surface area contributed by atoms with Crippen LogP contribution in [0.4, 0.5) is 0 Å². The van der Waals surface area contributed by atoms with E-state index in [-0.39, 0.29) is 0 Å². The number of guanidine groups is 1. The summed E-state index contributed by atoms with van der Waals surface area (Å²) in [4.78, 5) is 4.39. The van der Waals surface area contributed by atoms with Crippen LogP contribution in [0.1, 0.15) is 26.2 Å². The Kier molecular flexibility index (Phi) is 3.14. The smallest absolute Gasteiger partial charge is 0.191 e. The Labute approximate surface area is 91.5 Å². The number of rotatable bonds is 5. The molecule has 1 atom stereocenters. The van der Waals surface area contributed by atoms with Crippen LogP contribution in [0.15, 0.2) is 4.99 Å². The fraction of sp³-hybridized carbons (Fsp3) is 0.909. The maximum atomic E-state index is 5.08. The molecule has 0 radical (unpaired) electrons. The van der Waals surface area contributed by atoms with Gasteiger partial charge in [-0.3, -0.25) is 4.99 Å². The zero-order valence-corrected chi connectivity index (χ0v) is 9.68. The molecule has 86 valence electrons. The highest BCUT2D eigenvalue weighted by Gasteiger charge is 2.36. The molecule has 0 aromatic carbocycles. The fourth-order valence-corrected chi connectivity index (χ4v) is 1.83. The Morgan fingerprint density at radius 2 is 2.40 bits per heavy atom. The number of methoxy groups -OCH3 is 1. The first kappa shape index (κ1) is 10.7. The van der Waals surface area contributed by atoms with E-state index < -0.39 is 0 Å². The summed E-state index contributed by atoms with van der Waals surface area (Å²) in [5.74, 6) is 0.946. The molecule has 1 heterocycles. The SMILES string of the molecule is COCC1CN=C(NCCC2(C)CC2)N1. The molecular weight excluding hydrogens is 190 g/mol. The minimum absolute atomic E-state index is 0.356. The minimum atomic E-state index is 0.356. The van der Waals surface area contributed by atoms with Crippen molar-refractivity contribution in [2.45, 2.75) is 32.2 Å². The van der Waals surface area contributed by atoms with Gasteiger partial charge < -0.3 is 15.4 Å². The van der Waals surface area contributed by atoms with Crippen molar-refractivity contribution in [1.29, 1.82) is 0 Å². The normalized spacial score (nSPS) is 27.1. The molecule has 0 amide bonds. The Morgan fingerprint density at radius 3 is 3.07 bits per heavy atom. The lowest BCUT2D eigenvalue weighted by Gasteiger charge is -2.13. The third-order valence-corrected chi connectivity index (χ3v) is 3.30. The number of nitrogens with one attached hydrogen (secondary N) is 2. The first-order valence-corrected chi connectivity index (χ1v) is 5.76. The van der Waals surface area contributed by atoms with Gasteiger partial charge in [-0.25, -0.2) is 0 Å². The third kappa shape index (κ3) is 3.09. The van der Waals surface area contributed by atoms with Crippen LogP contribution in [-0.4, -0.2) is 38.8 Å². The van der Waals surface area contributed by atoms with E-state index in [1.165, 1.54) is 19.3 Å². The Balaban J connectivity index is 1.60. The van der Waals surface area contributed by atoms with Crippen molar-refractivity contribution in [3.8, 4) is 0 Å². The van der Waals surface area contributed by atoms with Gasteiger partial charge in [0.2, 0.25) is 0 Å². The molecule has 0 saturated heterocycles. The quantitative estimate of drug-likeness (QED) is 0.705. The fourth-order valence-electron chi connectivity index (χ4n) is 1.83. The van der Waals surface area contributed by atoms with Crippen molar-refractivity contribution in [3.63, 3.8) is 0 Å². The predicted molar refractivity (Wildman–Crippen MR) is 61.1 cm³/mol. The molecule has 2 N–H and O–H groups in total. The highest BCUT2D eigenvalue weighted by molar-refractivity contribution is 5.81. The summed E-state index contributed by atoms with van der Waals surface area (Å²) >= 11 is 0. The lowest BCUT2D eigenvalue weighted by molar-refractivity contribution is 0.179. The molecule has 0 aromatic rings. The molecule has 1 aliphatic heterocycles. The largest absolute Gasteiger partial charge is 0.382 e. The predicted octanol–water partition coefficient (Wildman–Crippen LogP) is 0.740. The summed E-state index contributed by atoms with van der Waals surface area (Å²) in [5.41, 5.74) is 0.623. The second-order valence-electron chi connectivity index (χ2n) is 4.97. The zero-order valence-electron chi connectivity index (χ0n) is 9.68. The number of ether oxygens (including phenoxy) is 1. The standard InChI is InChI=1S/C11H21N3O/c1-11(3-4-11)5-6-12-10-13-7-9(14-10)8-15-2/h9H,3-8H2,1-2H3,(H2,12,13,14). The second kappa shape index (κ2) is 4.39. The van der Waals surface area contributed by atoms with E-state index in [4.69, 9.17) is 4.74 Å². The Bertz CT molecular complexity index is 248. The van der Waals surface area contributed by atoms with E-state index in [1.807, 2.05) is 0 Å². The summed E-state index contributed by atoms with van der Waals surface area (Å²) in [6.07, 6.45) is 4.03. The highest BCUT2D eigenvalue weighted by Crippen LogP contribution is 2.47. The van der Waals surface area contributed by atoms with Crippen molar-refractivity contribution in [3.05, 3.63) is 0 Å². The molecule has 2 aliphatic rings. The maximum absolute atomic E-state index is 5.08. The first-order chi connectivity index (χ1) is 7.22. The molecule has 1 saturated carbocycles. The van der Waals surface area contributed by atoms with Gasteiger partial charge in [-0.2, -0.15) is 0 Å². The lowest BCUT2D eigenvalue weighted by Crippen LogP contribution is -2.41. The van der Waals surface area contributed by atoms with Crippen LogP contribution < -0.4 is 10.6 Å². The first-order valence-electron chi connectivity index (χ1n) is 5.76. The van der Waals surface area contributed by atoms with Crippen LogP contribution in [0.3, 0.4) is 0 Å². The van der Waals surface area contributed by atoms with Crippen molar-refractivity contribution in [1.82, 2.24) is 10.6 Å². The van der Waals surface area contributed by atoms with Gasteiger partial charge in [-0.15, -0.1) is 0 Å². The van der Waals surface area contributed by atoms with Gasteiger partial charge in [0.05, 0.1) is 19.2 Å². The van der Waals surface area contributed by atoms with Crippen molar-refractivity contribution in [2.75, 3.05) is 26.8 Å². The molecule has 1 aliphatic carbocycles. The number of aliphatic imine (C=N–C) groups is 1. The van der Waals surface area contributed by atoms with Gasteiger partial charge >= 0.3 is 0 Å². The maximum Gasteiger partial charge on any atom is 0.191 e. The molecule has 1 unspecified atom stereocenters. The Morgan fingerprint density at radius 1 is 1.60 bits per heavy atom. The van der Waals surface area contributed by atoms with Crippen molar-refractivity contribution >= 4 is 5.96 Å².